The van der Waals surface area contributed by atoms with Crippen molar-refractivity contribution in [2.45, 2.75) is 4.90 Å². The van der Waals surface area contributed by atoms with Gasteiger partial charge in [-0.1, -0.05) is 11.6 Å². The first-order valence-electron chi connectivity index (χ1n) is 6.37. The zero-order valence-electron chi connectivity index (χ0n) is 11.4. The standard InChI is InChI=1S/C15H9BrClNO4S/c16-13-8-15(19)22-14-6-3-10(7-12(13)14)18-23(20,21)11-4-1-9(17)2-5-11/h1-8,18H. The highest BCUT2D eigenvalue weighted by atomic mass is 79.9. The number of benzene rings is 2. The van der Waals surface area contributed by atoms with Crippen molar-refractivity contribution in [3.05, 3.63) is 68.4 Å². The number of sulfonamides is 1. The Labute approximate surface area is 145 Å². The SMILES string of the molecule is O=c1cc(Br)c2cc(NS(=O)(=O)c3ccc(Cl)cc3)ccc2o1. The van der Waals surface area contributed by atoms with E-state index in [2.05, 4.69) is 20.7 Å². The van der Waals surface area contributed by atoms with Crippen molar-refractivity contribution in [2.24, 2.45) is 0 Å². The molecule has 23 heavy (non-hydrogen) atoms. The van der Waals surface area contributed by atoms with Crippen LogP contribution in [0.25, 0.3) is 11.0 Å². The van der Waals surface area contributed by atoms with Crippen LogP contribution in [0.1, 0.15) is 0 Å². The lowest BCUT2D eigenvalue weighted by Gasteiger charge is -2.09. The molecule has 5 nitrogen and oxygen atoms in total. The molecule has 0 atom stereocenters. The minimum absolute atomic E-state index is 0.0978. The Morgan fingerprint density at radius 3 is 2.43 bits per heavy atom. The van der Waals surface area contributed by atoms with Crippen molar-refractivity contribution in [3.8, 4) is 0 Å². The lowest BCUT2D eigenvalue weighted by molar-refractivity contribution is 0.560. The van der Waals surface area contributed by atoms with Crippen LogP contribution in [-0.2, 0) is 10.0 Å². The third-order valence-corrected chi connectivity index (χ3v) is 5.37. The Hall–Kier alpha value is -1.83. The molecule has 0 aliphatic heterocycles. The first-order chi connectivity index (χ1) is 10.8. The summed E-state index contributed by atoms with van der Waals surface area (Å²) in [7, 11) is -3.74. The molecule has 1 heterocycles. The summed E-state index contributed by atoms with van der Waals surface area (Å²) in [6.45, 7) is 0. The van der Waals surface area contributed by atoms with E-state index in [4.69, 9.17) is 16.0 Å². The van der Waals surface area contributed by atoms with Crippen LogP contribution in [0, 0.1) is 0 Å². The highest BCUT2D eigenvalue weighted by Crippen LogP contribution is 2.26. The van der Waals surface area contributed by atoms with E-state index in [1.165, 1.54) is 42.5 Å². The molecule has 1 N–H and O–H groups in total. The largest absolute Gasteiger partial charge is 0.423 e. The van der Waals surface area contributed by atoms with E-state index in [-0.39, 0.29) is 4.90 Å². The van der Waals surface area contributed by atoms with Gasteiger partial charge in [0.2, 0.25) is 0 Å². The van der Waals surface area contributed by atoms with Gasteiger partial charge in [0, 0.05) is 26.6 Å². The van der Waals surface area contributed by atoms with E-state index in [0.29, 0.717) is 26.2 Å². The van der Waals surface area contributed by atoms with Crippen LogP contribution in [-0.4, -0.2) is 8.42 Å². The summed E-state index contributed by atoms with van der Waals surface area (Å²) in [5.74, 6) is 0. The molecule has 3 aromatic rings. The summed E-state index contributed by atoms with van der Waals surface area (Å²) in [5.41, 5.74) is 0.222. The van der Waals surface area contributed by atoms with Gasteiger partial charge >= 0.3 is 5.63 Å². The Morgan fingerprint density at radius 1 is 1.04 bits per heavy atom. The van der Waals surface area contributed by atoms with E-state index >= 15 is 0 Å². The normalized spacial score (nSPS) is 11.6. The number of hydrogen-bond acceptors (Lipinski definition) is 4. The van der Waals surface area contributed by atoms with Gasteiger partial charge in [-0.3, -0.25) is 4.72 Å². The van der Waals surface area contributed by atoms with Gasteiger partial charge in [-0.15, -0.1) is 0 Å². The summed E-state index contributed by atoms with van der Waals surface area (Å²) >= 11 is 9.02. The van der Waals surface area contributed by atoms with Gasteiger partial charge in [0.05, 0.1) is 4.90 Å². The lowest BCUT2D eigenvalue weighted by atomic mass is 10.2. The van der Waals surface area contributed by atoms with Crippen molar-refractivity contribution in [1.82, 2.24) is 0 Å². The van der Waals surface area contributed by atoms with Crippen molar-refractivity contribution in [3.63, 3.8) is 0 Å². The monoisotopic (exact) mass is 413 g/mol. The van der Waals surface area contributed by atoms with Crippen LogP contribution in [0.2, 0.25) is 5.02 Å². The fourth-order valence-electron chi connectivity index (χ4n) is 2.02. The van der Waals surface area contributed by atoms with Crippen LogP contribution in [0.15, 0.2) is 67.1 Å². The quantitative estimate of drug-likeness (QED) is 0.657. The summed E-state index contributed by atoms with van der Waals surface area (Å²) in [6.07, 6.45) is 0. The van der Waals surface area contributed by atoms with E-state index in [1.54, 1.807) is 6.07 Å². The van der Waals surface area contributed by atoms with Crippen LogP contribution in [0.4, 0.5) is 5.69 Å². The van der Waals surface area contributed by atoms with Crippen molar-refractivity contribution >= 4 is 54.2 Å². The summed E-state index contributed by atoms with van der Waals surface area (Å²) < 4.78 is 32.7. The molecule has 0 amide bonds. The molecule has 3 rings (SSSR count). The fraction of sp³-hybridized carbons (Fsp3) is 0. The van der Waals surface area contributed by atoms with Gasteiger partial charge in [-0.2, -0.15) is 0 Å². The average Bonchev–Trinajstić information content (AvgIpc) is 2.48. The number of hydrogen-bond donors (Lipinski definition) is 1. The number of fused-ring (bicyclic) bond motifs is 1. The lowest BCUT2D eigenvalue weighted by Crippen LogP contribution is -2.12. The van der Waals surface area contributed by atoms with Gasteiger partial charge in [-0.25, -0.2) is 13.2 Å². The second-order valence-electron chi connectivity index (χ2n) is 4.68. The molecule has 0 bridgehead atoms. The minimum Gasteiger partial charge on any atom is -0.423 e. The van der Waals surface area contributed by atoms with Crippen molar-refractivity contribution < 1.29 is 12.8 Å². The third-order valence-electron chi connectivity index (χ3n) is 3.07. The molecule has 0 saturated heterocycles. The molecular formula is C15H9BrClNO4S. The Balaban J connectivity index is 2.01. The van der Waals surface area contributed by atoms with Crippen LogP contribution in [0.3, 0.4) is 0 Å². The van der Waals surface area contributed by atoms with E-state index in [0.717, 1.165) is 0 Å². The molecular weight excluding hydrogens is 406 g/mol. The summed E-state index contributed by atoms with van der Waals surface area (Å²) in [5, 5.41) is 1.04. The summed E-state index contributed by atoms with van der Waals surface area (Å²) in [6, 6.07) is 11.7. The second kappa shape index (κ2) is 5.99. The van der Waals surface area contributed by atoms with Crippen molar-refractivity contribution in [1.29, 1.82) is 0 Å². The number of rotatable bonds is 3. The topological polar surface area (TPSA) is 76.4 Å². The average molecular weight is 415 g/mol. The molecule has 0 saturated carbocycles. The maximum atomic E-state index is 12.3. The molecule has 1 aromatic heterocycles. The minimum atomic E-state index is -3.74. The molecule has 0 unspecified atom stereocenters. The van der Waals surface area contributed by atoms with Crippen LogP contribution >= 0.6 is 27.5 Å². The molecule has 0 spiro atoms. The second-order valence-corrected chi connectivity index (χ2v) is 7.66. The van der Waals surface area contributed by atoms with E-state index in [1.807, 2.05) is 0 Å². The molecule has 118 valence electrons. The maximum absolute atomic E-state index is 12.3. The number of halogens is 2. The zero-order chi connectivity index (χ0) is 16.6. The smallest absolute Gasteiger partial charge is 0.337 e. The highest BCUT2D eigenvalue weighted by Gasteiger charge is 2.15. The van der Waals surface area contributed by atoms with Gasteiger partial charge in [0.1, 0.15) is 5.58 Å². The van der Waals surface area contributed by atoms with Crippen LogP contribution in [0.5, 0.6) is 0 Å². The van der Waals surface area contributed by atoms with Gasteiger partial charge in [0.15, 0.2) is 0 Å². The predicted molar refractivity (Wildman–Crippen MR) is 92.4 cm³/mol. The molecule has 0 fully saturated rings. The first kappa shape index (κ1) is 16.0. The molecule has 8 heteroatoms. The molecule has 0 aliphatic rings. The van der Waals surface area contributed by atoms with Crippen LogP contribution < -0.4 is 10.3 Å². The van der Waals surface area contributed by atoms with Crippen molar-refractivity contribution in [2.75, 3.05) is 4.72 Å². The van der Waals surface area contributed by atoms with E-state index < -0.39 is 15.6 Å². The molecule has 0 radical (unpaired) electrons. The van der Waals surface area contributed by atoms with Gasteiger partial charge in [-0.05, 0) is 58.4 Å². The summed E-state index contributed by atoms with van der Waals surface area (Å²) in [4.78, 5) is 11.4. The predicted octanol–water partition coefficient (Wildman–Crippen LogP) is 4.01. The van der Waals surface area contributed by atoms with E-state index in [9.17, 15) is 13.2 Å². The highest BCUT2D eigenvalue weighted by molar-refractivity contribution is 9.10. The number of nitrogens with one attached hydrogen (secondary N) is 1. The Morgan fingerprint density at radius 2 is 1.74 bits per heavy atom. The zero-order valence-corrected chi connectivity index (χ0v) is 14.6. The number of anilines is 1. The Kier molecular flexibility index (Phi) is 4.18. The fourth-order valence-corrected chi connectivity index (χ4v) is 3.69. The Bertz CT molecular complexity index is 1050. The molecule has 0 aliphatic carbocycles. The van der Waals surface area contributed by atoms with Gasteiger partial charge < -0.3 is 4.42 Å². The first-order valence-corrected chi connectivity index (χ1v) is 9.02. The molecule has 2 aromatic carbocycles. The third kappa shape index (κ3) is 3.41. The maximum Gasteiger partial charge on any atom is 0.337 e. The van der Waals surface area contributed by atoms with Gasteiger partial charge in [0.25, 0.3) is 10.0 Å².